The van der Waals surface area contributed by atoms with E-state index in [2.05, 4.69) is 72.1 Å². The van der Waals surface area contributed by atoms with E-state index in [1.807, 2.05) is 30.3 Å². The highest BCUT2D eigenvalue weighted by atomic mass is 79.9. The molecule has 0 unspecified atom stereocenters. The van der Waals surface area contributed by atoms with E-state index in [0.29, 0.717) is 6.61 Å². The molecule has 0 heterocycles. The maximum atomic E-state index is 5.93. The lowest BCUT2D eigenvalue weighted by molar-refractivity contribution is 0.303. The van der Waals surface area contributed by atoms with E-state index >= 15 is 0 Å². The molecule has 21 heavy (non-hydrogen) atoms. The fraction of sp³-hybridized carbons (Fsp3) is 0.0588. The van der Waals surface area contributed by atoms with Gasteiger partial charge >= 0.3 is 0 Å². The number of rotatable bonds is 3. The molecular weight excluding hydrogens is 460 g/mol. The summed E-state index contributed by atoms with van der Waals surface area (Å²) in [4.78, 5) is 0. The predicted molar refractivity (Wildman–Crippen MR) is 97.8 cm³/mol. The second-order valence-electron chi connectivity index (χ2n) is 4.62. The van der Waals surface area contributed by atoms with Gasteiger partial charge in [0.2, 0.25) is 0 Å². The normalized spacial score (nSPS) is 10.8. The second-order valence-corrected chi connectivity index (χ2v) is 7.19. The zero-order chi connectivity index (χ0) is 14.8. The van der Waals surface area contributed by atoms with Crippen molar-refractivity contribution in [3.8, 4) is 5.75 Å². The molecule has 0 spiro atoms. The molecule has 0 N–H and O–H groups in total. The molecule has 1 nitrogen and oxygen atoms in total. The first-order chi connectivity index (χ1) is 10.1. The number of benzene rings is 3. The van der Waals surface area contributed by atoms with Crippen molar-refractivity contribution < 1.29 is 4.74 Å². The monoisotopic (exact) mass is 468 g/mol. The molecular formula is C17H11Br3O. The topological polar surface area (TPSA) is 9.23 Å². The van der Waals surface area contributed by atoms with Gasteiger partial charge in [0.25, 0.3) is 0 Å². The maximum absolute atomic E-state index is 5.93. The van der Waals surface area contributed by atoms with Gasteiger partial charge in [0.1, 0.15) is 12.4 Å². The van der Waals surface area contributed by atoms with Crippen LogP contribution in [-0.2, 0) is 6.61 Å². The van der Waals surface area contributed by atoms with E-state index in [4.69, 9.17) is 4.74 Å². The van der Waals surface area contributed by atoms with Crippen molar-refractivity contribution in [1.82, 2.24) is 0 Å². The Balaban J connectivity index is 1.88. The van der Waals surface area contributed by atoms with Crippen LogP contribution in [0.15, 0.2) is 68.0 Å². The Labute approximate surface area is 148 Å². The highest BCUT2D eigenvalue weighted by Gasteiger charge is 2.07. The fourth-order valence-corrected chi connectivity index (χ4v) is 3.44. The quantitative estimate of drug-likeness (QED) is 0.413. The molecule has 3 aromatic rings. The molecule has 0 aromatic heterocycles. The van der Waals surface area contributed by atoms with Gasteiger partial charge in [0.05, 0.1) is 4.47 Å². The highest BCUT2D eigenvalue weighted by Crippen LogP contribution is 2.31. The van der Waals surface area contributed by atoms with Crippen molar-refractivity contribution in [2.75, 3.05) is 0 Å². The molecule has 0 fully saturated rings. The average molecular weight is 471 g/mol. The molecule has 0 aliphatic rings. The van der Waals surface area contributed by atoms with Crippen molar-refractivity contribution in [2.45, 2.75) is 6.61 Å². The van der Waals surface area contributed by atoms with Crippen molar-refractivity contribution in [2.24, 2.45) is 0 Å². The van der Waals surface area contributed by atoms with Crippen LogP contribution in [-0.4, -0.2) is 0 Å². The Hall–Kier alpha value is -0.840. The lowest BCUT2D eigenvalue weighted by Crippen LogP contribution is -1.97. The molecule has 0 radical (unpaired) electrons. The molecule has 0 aliphatic carbocycles. The van der Waals surface area contributed by atoms with E-state index in [9.17, 15) is 0 Å². The van der Waals surface area contributed by atoms with Crippen LogP contribution in [0.25, 0.3) is 10.8 Å². The van der Waals surface area contributed by atoms with Gasteiger partial charge < -0.3 is 4.74 Å². The zero-order valence-corrected chi connectivity index (χ0v) is 15.7. The highest BCUT2D eigenvalue weighted by molar-refractivity contribution is 9.11. The standard InChI is InChI=1S/C17H11Br3O/c18-13-7-8-15(19)16(9-13)21-10-12-6-5-11-3-1-2-4-14(11)17(12)20/h1-9H,10H2. The van der Waals surface area contributed by atoms with Crippen LogP contribution in [0.4, 0.5) is 0 Å². The number of fused-ring (bicyclic) bond motifs is 1. The minimum atomic E-state index is 0.514. The molecule has 3 rings (SSSR count). The van der Waals surface area contributed by atoms with Gasteiger partial charge in [-0.1, -0.05) is 52.3 Å². The summed E-state index contributed by atoms with van der Waals surface area (Å²) in [6, 6.07) is 18.4. The smallest absolute Gasteiger partial charge is 0.135 e. The van der Waals surface area contributed by atoms with E-state index in [-0.39, 0.29) is 0 Å². The summed E-state index contributed by atoms with van der Waals surface area (Å²) in [5.74, 6) is 0.824. The van der Waals surface area contributed by atoms with E-state index < -0.39 is 0 Å². The van der Waals surface area contributed by atoms with Gasteiger partial charge in [-0.05, 0) is 60.8 Å². The predicted octanol–water partition coefficient (Wildman–Crippen LogP) is 6.71. The molecule has 0 saturated heterocycles. The molecule has 106 valence electrons. The number of halogens is 3. The van der Waals surface area contributed by atoms with Crippen LogP contribution >= 0.6 is 47.8 Å². The molecule has 0 amide bonds. The Morgan fingerprint density at radius 2 is 1.67 bits per heavy atom. The van der Waals surface area contributed by atoms with E-state index in [1.54, 1.807) is 0 Å². The van der Waals surface area contributed by atoms with Crippen molar-refractivity contribution in [3.05, 3.63) is 73.6 Å². The van der Waals surface area contributed by atoms with Gasteiger partial charge in [0, 0.05) is 14.5 Å². The first kappa shape index (κ1) is 15.1. The van der Waals surface area contributed by atoms with Crippen LogP contribution in [0, 0.1) is 0 Å². The first-order valence-electron chi connectivity index (χ1n) is 6.39. The number of ether oxygens (including phenoxy) is 1. The minimum Gasteiger partial charge on any atom is -0.488 e. The van der Waals surface area contributed by atoms with E-state index in [0.717, 1.165) is 24.7 Å². The lowest BCUT2D eigenvalue weighted by Gasteiger charge is -2.11. The van der Waals surface area contributed by atoms with Crippen LogP contribution in [0.2, 0.25) is 0 Å². The second kappa shape index (κ2) is 6.51. The number of hydrogen-bond donors (Lipinski definition) is 0. The summed E-state index contributed by atoms with van der Waals surface area (Å²) in [5.41, 5.74) is 1.13. The molecule has 0 saturated carbocycles. The van der Waals surface area contributed by atoms with Crippen LogP contribution in [0.5, 0.6) is 5.75 Å². The van der Waals surface area contributed by atoms with Crippen LogP contribution < -0.4 is 4.74 Å². The third-order valence-corrected chi connectivity index (χ3v) is 5.30. The molecule has 0 atom stereocenters. The average Bonchev–Trinajstić information content (AvgIpc) is 2.50. The molecule has 4 heteroatoms. The van der Waals surface area contributed by atoms with Crippen molar-refractivity contribution in [1.29, 1.82) is 0 Å². The Bertz CT molecular complexity index is 799. The van der Waals surface area contributed by atoms with E-state index in [1.165, 1.54) is 10.8 Å². The summed E-state index contributed by atoms with van der Waals surface area (Å²) in [5, 5.41) is 2.42. The molecule has 0 aliphatic heterocycles. The lowest BCUT2D eigenvalue weighted by atomic mass is 10.1. The summed E-state index contributed by atoms with van der Waals surface area (Å²) in [6.45, 7) is 0.514. The summed E-state index contributed by atoms with van der Waals surface area (Å²) in [6.07, 6.45) is 0. The number of hydrogen-bond acceptors (Lipinski definition) is 1. The van der Waals surface area contributed by atoms with Crippen LogP contribution in [0.1, 0.15) is 5.56 Å². The van der Waals surface area contributed by atoms with Gasteiger partial charge in [-0.2, -0.15) is 0 Å². The minimum absolute atomic E-state index is 0.514. The first-order valence-corrected chi connectivity index (χ1v) is 8.77. The van der Waals surface area contributed by atoms with Gasteiger partial charge in [0.15, 0.2) is 0 Å². The fourth-order valence-electron chi connectivity index (χ4n) is 2.13. The SMILES string of the molecule is Brc1ccc(Br)c(OCc2ccc3ccccc3c2Br)c1. The van der Waals surface area contributed by atoms with Crippen molar-refractivity contribution >= 4 is 58.6 Å². The maximum Gasteiger partial charge on any atom is 0.135 e. The molecule has 3 aromatic carbocycles. The van der Waals surface area contributed by atoms with Gasteiger partial charge in [-0.25, -0.2) is 0 Å². The summed E-state index contributed by atoms with van der Waals surface area (Å²) in [7, 11) is 0. The Morgan fingerprint density at radius 3 is 2.52 bits per heavy atom. The van der Waals surface area contributed by atoms with Crippen molar-refractivity contribution in [3.63, 3.8) is 0 Å². The van der Waals surface area contributed by atoms with Gasteiger partial charge in [-0.15, -0.1) is 0 Å². The third-order valence-electron chi connectivity index (χ3n) is 3.22. The van der Waals surface area contributed by atoms with Gasteiger partial charge in [-0.3, -0.25) is 0 Å². The zero-order valence-electron chi connectivity index (χ0n) is 10.9. The summed E-state index contributed by atoms with van der Waals surface area (Å²) < 4.78 is 8.96. The molecule has 0 bridgehead atoms. The third kappa shape index (κ3) is 3.33. The largest absolute Gasteiger partial charge is 0.488 e. The van der Waals surface area contributed by atoms with Crippen LogP contribution in [0.3, 0.4) is 0 Å². The summed E-state index contributed by atoms with van der Waals surface area (Å²) >= 11 is 10.7. The Kier molecular flexibility index (Phi) is 4.67. The Morgan fingerprint density at radius 1 is 0.857 bits per heavy atom.